The molecule has 0 amide bonds. The van der Waals surface area contributed by atoms with Crippen molar-refractivity contribution in [3.63, 3.8) is 0 Å². The van der Waals surface area contributed by atoms with Crippen molar-refractivity contribution in [1.29, 1.82) is 0 Å². The lowest BCUT2D eigenvalue weighted by atomic mass is 10.0. The molecule has 0 saturated carbocycles. The van der Waals surface area contributed by atoms with Crippen molar-refractivity contribution in [2.45, 2.75) is 0 Å². The Morgan fingerprint density at radius 3 is 1.86 bits per heavy atom. The first-order valence-corrected chi connectivity index (χ1v) is 19.0. The Balaban J connectivity index is 1.08. The van der Waals surface area contributed by atoms with E-state index in [-0.39, 0.29) is 34.7 Å². The van der Waals surface area contributed by atoms with E-state index in [2.05, 4.69) is 0 Å². The van der Waals surface area contributed by atoms with Crippen molar-refractivity contribution in [1.82, 2.24) is 15.0 Å². The molecule has 5 nitrogen and oxygen atoms in total. The molecule has 0 saturated heterocycles. The average molecular weight is 758 g/mol. The fraction of sp³-hybridized carbons (Fsp3) is 0. The highest BCUT2D eigenvalue weighted by Crippen LogP contribution is 2.43. The minimum Gasteiger partial charge on any atom is -0.456 e. The predicted molar refractivity (Wildman–Crippen MR) is 236 cm³/mol. The first-order valence-electron chi connectivity index (χ1n) is 22.7. The van der Waals surface area contributed by atoms with Crippen LogP contribution < -0.4 is 4.90 Å². The van der Waals surface area contributed by atoms with Gasteiger partial charge >= 0.3 is 0 Å². The minimum absolute atomic E-state index is 0.0445. The van der Waals surface area contributed by atoms with Crippen molar-refractivity contribution in [3.05, 3.63) is 194 Å². The summed E-state index contributed by atoms with van der Waals surface area (Å²) in [5, 5.41) is 3.21. The summed E-state index contributed by atoms with van der Waals surface area (Å²) in [4.78, 5) is 16.1. The SMILES string of the molecule is [2H]c1c([2H])c([2H])c(N(c2ccc3oc4ccccc4c3c2)c2c([2H])c([2H])c(-c3ccc4c(c3)sc3cccc(-c5nc(-c6ccccc6)nc(-c6ccccc6)n5)c34)c([2H])c2[2H])c([2H])c1[2H]. The molecule has 0 bridgehead atoms. The summed E-state index contributed by atoms with van der Waals surface area (Å²) in [5.74, 6) is 1.56. The predicted octanol–water partition coefficient (Wildman–Crippen LogP) is 14.3. The Kier molecular flexibility index (Phi) is 5.99. The molecule has 3 heterocycles. The Morgan fingerprint density at radius 2 is 1.11 bits per heavy atom. The van der Waals surface area contributed by atoms with Gasteiger partial charge in [-0.2, -0.15) is 0 Å². The molecule has 6 heteroatoms. The van der Waals surface area contributed by atoms with Gasteiger partial charge in [0.15, 0.2) is 17.5 Å². The average Bonchev–Trinajstić information content (AvgIpc) is 3.92. The third-order valence-electron chi connectivity index (χ3n) is 9.89. The van der Waals surface area contributed by atoms with Gasteiger partial charge in [-0.1, -0.05) is 133 Å². The second kappa shape index (κ2) is 13.7. The maximum atomic E-state index is 9.52. The largest absolute Gasteiger partial charge is 0.456 e. The van der Waals surface area contributed by atoms with Gasteiger partial charge in [-0.3, -0.25) is 0 Å². The molecule has 0 N–H and O–H groups in total. The second-order valence-corrected chi connectivity index (χ2v) is 14.4. The normalized spacial score (nSPS) is 13.7. The van der Waals surface area contributed by atoms with Crippen LogP contribution in [0.4, 0.5) is 17.1 Å². The maximum absolute atomic E-state index is 9.52. The fourth-order valence-electron chi connectivity index (χ4n) is 7.24. The molecule has 11 rings (SSSR count). The number of thiophene rings is 1. The van der Waals surface area contributed by atoms with Crippen molar-refractivity contribution < 1.29 is 16.8 Å². The van der Waals surface area contributed by atoms with E-state index >= 15 is 0 Å². The Bertz CT molecular complexity index is 3670. The molecule has 0 spiro atoms. The quantitative estimate of drug-likeness (QED) is 0.162. The highest BCUT2D eigenvalue weighted by atomic mass is 32.1. The molecule has 11 aromatic rings. The molecular weight excluding hydrogens is 717 g/mol. The molecule has 57 heavy (non-hydrogen) atoms. The molecular formula is C51H32N4OS. The van der Waals surface area contributed by atoms with E-state index in [1.165, 1.54) is 16.2 Å². The molecule has 8 aromatic carbocycles. The van der Waals surface area contributed by atoms with E-state index in [0.29, 0.717) is 39.6 Å². The van der Waals surface area contributed by atoms with Crippen LogP contribution in [-0.2, 0) is 0 Å². The lowest BCUT2D eigenvalue weighted by Gasteiger charge is -2.25. The number of rotatable bonds is 7. The number of fused-ring (bicyclic) bond motifs is 6. The first kappa shape index (κ1) is 24.9. The summed E-state index contributed by atoms with van der Waals surface area (Å²) in [5.41, 5.74) is 3.76. The van der Waals surface area contributed by atoms with Gasteiger partial charge in [0.05, 0.1) is 12.3 Å². The minimum atomic E-state index is -0.610. The number of aromatic nitrogens is 3. The number of benzene rings is 8. The topological polar surface area (TPSA) is 55.1 Å². The van der Waals surface area contributed by atoms with Crippen LogP contribution in [0, 0.1) is 0 Å². The summed E-state index contributed by atoms with van der Waals surface area (Å²) in [6, 6.07) is 38.7. The monoisotopic (exact) mass is 757 g/mol. The third kappa shape index (κ3) is 5.91. The number of nitrogens with zero attached hydrogens (tertiary/aromatic N) is 4. The number of anilines is 3. The van der Waals surface area contributed by atoms with Crippen LogP contribution in [0.25, 0.3) is 87.4 Å². The summed E-state index contributed by atoms with van der Waals surface area (Å²) in [6.07, 6.45) is 0. The zero-order valence-corrected chi connectivity index (χ0v) is 30.7. The molecule has 0 aliphatic carbocycles. The zero-order valence-electron chi connectivity index (χ0n) is 38.9. The van der Waals surface area contributed by atoms with Crippen molar-refractivity contribution in [2.24, 2.45) is 0 Å². The van der Waals surface area contributed by atoms with Gasteiger partial charge in [-0.05, 0) is 71.7 Å². The molecule has 0 unspecified atom stereocenters. The van der Waals surface area contributed by atoms with Crippen LogP contribution >= 0.6 is 11.3 Å². The highest BCUT2D eigenvalue weighted by Gasteiger charge is 2.19. The van der Waals surface area contributed by atoms with Gasteiger partial charge in [-0.15, -0.1) is 11.3 Å². The van der Waals surface area contributed by atoms with Crippen LogP contribution in [0.1, 0.15) is 12.3 Å². The fourth-order valence-corrected chi connectivity index (χ4v) is 8.41. The van der Waals surface area contributed by atoms with E-state index in [0.717, 1.165) is 42.2 Å². The van der Waals surface area contributed by atoms with Gasteiger partial charge in [0, 0.05) is 64.7 Å². The summed E-state index contributed by atoms with van der Waals surface area (Å²) in [7, 11) is 0. The van der Waals surface area contributed by atoms with Crippen molar-refractivity contribution >= 4 is 70.5 Å². The van der Waals surface area contributed by atoms with E-state index in [9.17, 15) is 5.48 Å². The Labute approximate surface area is 345 Å². The van der Waals surface area contributed by atoms with Gasteiger partial charge in [0.2, 0.25) is 0 Å². The molecule has 0 radical (unpaired) electrons. The number of hydrogen-bond acceptors (Lipinski definition) is 6. The van der Waals surface area contributed by atoms with Gasteiger partial charge in [0.25, 0.3) is 0 Å². The van der Waals surface area contributed by atoms with Gasteiger partial charge < -0.3 is 9.32 Å². The van der Waals surface area contributed by atoms with Crippen LogP contribution in [0.15, 0.2) is 198 Å². The van der Waals surface area contributed by atoms with Crippen molar-refractivity contribution in [3.8, 4) is 45.3 Å². The maximum Gasteiger partial charge on any atom is 0.164 e. The smallest absolute Gasteiger partial charge is 0.164 e. The van der Waals surface area contributed by atoms with Gasteiger partial charge in [-0.25, -0.2) is 15.0 Å². The molecule has 3 aromatic heterocycles. The first-order chi connectivity index (χ1) is 32.0. The van der Waals surface area contributed by atoms with E-state index < -0.39 is 42.3 Å². The number of hydrogen-bond donors (Lipinski definition) is 0. The van der Waals surface area contributed by atoms with Crippen LogP contribution in [-0.4, -0.2) is 15.0 Å². The van der Waals surface area contributed by atoms with Crippen LogP contribution in [0.2, 0.25) is 0 Å². The second-order valence-electron chi connectivity index (χ2n) is 13.3. The molecule has 0 atom stereocenters. The van der Waals surface area contributed by atoms with Crippen LogP contribution in [0.3, 0.4) is 0 Å². The standard InChI is InChI=1S/C51H32N4OS/c1-4-13-34(14-5-1)49-52-50(35-15-6-2-7-16-35)54-51(53-49)42-20-12-22-46-48(42)41-29-25-36(31-47(41)57-46)33-23-26-38(27-24-33)55(37-17-8-3-9-18-37)39-28-30-45-43(32-39)40-19-10-11-21-44(40)56-45/h1-32H/i3D,8D,9D,17D,18D,23D,24D,26D,27D. The van der Waals surface area contributed by atoms with Gasteiger partial charge in [0.1, 0.15) is 11.2 Å². The lowest BCUT2D eigenvalue weighted by molar-refractivity contribution is 0.669. The van der Waals surface area contributed by atoms with E-state index in [4.69, 9.17) is 26.2 Å². The lowest BCUT2D eigenvalue weighted by Crippen LogP contribution is -2.09. The summed E-state index contributed by atoms with van der Waals surface area (Å²) in [6.45, 7) is 0. The summed E-state index contributed by atoms with van der Waals surface area (Å²) >= 11 is 1.52. The highest BCUT2D eigenvalue weighted by molar-refractivity contribution is 7.26. The Hall–Kier alpha value is -7.41. The molecule has 0 aliphatic heterocycles. The molecule has 0 aliphatic rings. The van der Waals surface area contributed by atoms with Crippen LogP contribution in [0.5, 0.6) is 0 Å². The molecule has 268 valence electrons. The van der Waals surface area contributed by atoms with Crippen molar-refractivity contribution in [2.75, 3.05) is 4.90 Å². The number of para-hydroxylation sites is 2. The number of furan rings is 1. The molecule has 0 fully saturated rings. The third-order valence-corrected chi connectivity index (χ3v) is 11.0. The van der Waals surface area contributed by atoms with E-state index in [1.54, 1.807) is 24.3 Å². The Morgan fingerprint density at radius 1 is 0.439 bits per heavy atom. The summed E-state index contributed by atoms with van der Waals surface area (Å²) < 4.78 is 89.2. The van der Waals surface area contributed by atoms with E-state index in [1.807, 2.05) is 115 Å². The zero-order chi connectivity index (χ0) is 45.5.